The number of imidazole rings is 1. The summed E-state index contributed by atoms with van der Waals surface area (Å²) in [7, 11) is 5.46. The lowest BCUT2D eigenvalue weighted by molar-refractivity contribution is -0.916. The summed E-state index contributed by atoms with van der Waals surface area (Å²) in [5.41, 5.74) is 16.2. The normalized spacial score (nSPS) is 17.1. The number of unbranched alkanes of at least 4 members (excludes halogenated alkanes) is 1. The van der Waals surface area contributed by atoms with Gasteiger partial charge in [0.1, 0.15) is 49.5 Å². The first kappa shape index (κ1) is 62.1. The van der Waals surface area contributed by atoms with Crippen LogP contribution in [0.15, 0.2) is 109 Å². The Hall–Kier alpha value is -9.41. The number of carbonyl (C=O) groups excluding carboxylic acids is 7. The van der Waals surface area contributed by atoms with Crippen molar-refractivity contribution in [2.45, 2.75) is 117 Å². The second kappa shape index (κ2) is 27.3. The number of ether oxygens (including phenoxy) is 8. The Morgan fingerprint density at radius 2 is 1.33 bits per heavy atom. The molecule has 2 aliphatic rings. The second-order valence-corrected chi connectivity index (χ2v) is 22.3. The van der Waals surface area contributed by atoms with Crippen molar-refractivity contribution in [3.63, 3.8) is 0 Å². The molecule has 1 fully saturated rings. The molecule has 22 nitrogen and oxygen atoms in total. The van der Waals surface area contributed by atoms with E-state index in [2.05, 4.69) is 65.5 Å². The number of nitrogens with zero attached hydrogens (tertiary/aromatic N) is 4. The number of anilines is 2. The van der Waals surface area contributed by atoms with Crippen molar-refractivity contribution in [1.29, 1.82) is 0 Å². The number of pyridine rings is 1. The SMILES string of the molecule is CCCCc1nc2c(N)nc3cc(C(=O)OC)ccc3c2n1Cc1ccc(C[N+](C)(C)Cc2ccc(O[C@H]3O[C@H](COC(C)=O)[C@@H](OC(C)=O)[C@H](OC(C)=O)[C@@H]3OC(C)=O)c(NC(=O)CCNC(=O)OCC3c4ccccc4-c4ccccc43)c2)cc1. The molecule has 2 aromatic heterocycles. The van der Waals surface area contributed by atoms with Crippen molar-refractivity contribution in [1.82, 2.24) is 19.9 Å². The van der Waals surface area contributed by atoms with Gasteiger partial charge in [-0.3, -0.25) is 24.0 Å². The van der Waals surface area contributed by atoms with E-state index in [-0.39, 0.29) is 42.7 Å². The monoisotopic (exact) mass is 1190 g/mol. The molecule has 0 unspecified atom stereocenters. The van der Waals surface area contributed by atoms with E-state index in [4.69, 9.17) is 48.6 Å². The number of methoxy groups -OCH3 is 1. The number of rotatable bonds is 23. The lowest BCUT2D eigenvalue weighted by Gasteiger charge is -2.44. The van der Waals surface area contributed by atoms with Gasteiger partial charge in [0.25, 0.3) is 0 Å². The van der Waals surface area contributed by atoms with E-state index in [1.165, 1.54) is 14.0 Å². The Morgan fingerprint density at radius 1 is 0.701 bits per heavy atom. The fourth-order valence-electron chi connectivity index (χ4n) is 11.3. The summed E-state index contributed by atoms with van der Waals surface area (Å²) < 4.78 is 48.2. The number of nitrogen functional groups attached to an aromatic ring is 1. The summed E-state index contributed by atoms with van der Waals surface area (Å²) in [6.07, 6.45) is -5.69. The van der Waals surface area contributed by atoms with Crippen LogP contribution in [0.5, 0.6) is 5.75 Å². The van der Waals surface area contributed by atoms with Crippen LogP contribution >= 0.6 is 0 Å². The highest BCUT2D eigenvalue weighted by atomic mass is 16.7. The molecule has 1 saturated heterocycles. The molecule has 87 heavy (non-hydrogen) atoms. The fourth-order valence-corrected chi connectivity index (χ4v) is 11.3. The topological polar surface area (TPSA) is 274 Å². The molecule has 7 aromatic rings. The van der Waals surface area contributed by atoms with E-state index in [0.717, 1.165) is 95.7 Å². The quantitative estimate of drug-likeness (QED) is 0.0308. The molecular formula is C65H72N7O15+. The minimum absolute atomic E-state index is 0.0276. The highest BCUT2D eigenvalue weighted by molar-refractivity contribution is 6.08. The summed E-state index contributed by atoms with van der Waals surface area (Å²) in [6, 6.07) is 34.7. The van der Waals surface area contributed by atoms with Crippen LogP contribution in [0.25, 0.3) is 33.1 Å². The number of benzene rings is 5. The van der Waals surface area contributed by atoms with Crippen LogP contribution in [0.4, 0.5) is 16.3 Å². The molecule has 22 heteroatoms. The second-order valence-electron chi connectivity index (χ2n) is 22.3. The van der Waals surface area contributed by atoms with Crippen molar-refractivity contribution < 1.29 is 75.9 Å². The molecule has 2 amide bonds. The van der Waals surface area contributed by atoms with Gasteiger partial charge >= 0.3 is 35.9 Å². The van der Waals surface area contributed by atoms with Gasteiger partial charge in [-0.2, -0.15) is 0 Å². The number of alkyl carbamates (subject to hydrolysis) is 1. The molecule has 4 N–H and O–H groups in total. The minimum Gasteiger partial charge on any atom is -0.465 e. The van der Waals surface area contributed by atoms with Gasteiger partial charge in [-0.1, -0.05) is 86.1 Å². The Balaban J connectivity index is 0.946. The third kappa shape index (κ3) is 15.0. The zero-order valence-electron chi connectivity index (χ0n) is 49.9. The maximum Gasteiger partial charge on any atom is 0.407 e. The Labute approximate surface area is 503 Å². The van der Waals surface area contributed by atoms with Gasteiger partial charge in [0, 0.05) is 76.1 Å². The van der Waals surface area contributed by atoms with E-state index < -0.39 is 79.2 Å². The molecule has 0 bridgehead atoms. The number of hydrogen-bond donors (Lipinski definition) is 3. The molecule has 5 atom stereocenters. The zero-order valence-corrected chi connectivity index (χ0v) is 49.9. The predicted octanol–water partition coefficient (Wildman–Crippen LogP) is 8.45. The number of hydrogen-bond acceptors (Lipinski definition) is 18. The summed E-state index contributed by atoms with van der Waals surface area (Å²) in [4.78, 5) is 99.0. The lowest BCUT2D eigenvalue weighted by atomic mass is 9.98. The number of esters is 5. The number of fused-ring (bicyclic) bond motifs is 6. The highest BCUT2D eigenvalue weighted by Gasteiger charge is 2.53. The molecule has 0 saturated carbocycles. The number of quaternary nitrogens is 1. The summed E-state index contributed by atoms with van der Waals surface area (Å²) in [5.74, 6) is -3.12. The first-order valence-corrected chi connectivity index (χ1v) is 28.7. The molecule has 0 radical (unpaired) electrons. The average molecular weight is 1190 g/mol. The van der Waals surface area contributed by atoms with E-state index in [0.29, 0.717) is 40.7 Å². The van der Waals surface area contributed by atoms with E-state index in [1.54, 1.807) is 30.3 Å². The largest absolute Gasteiger partial charge is 0.465 e. The van der Waals surface area contributed by atoms with Crippen LogP contribution in [-0.4, -0.2) is 133 Å². The van der Waals surface area contributed by atoms with Crippen LogP contribution in [0.2, 0.25) is 0 Å². The molecule has 9 rings (SSSR count). The number of nitrogens with two attached hydrogens (primary N) is 1. The zero-order chi connectivity index (χ0) is 62.1. The third-order valence-electron chi connectivity index (χ3n) is 15.0. The maximum absolute atomic E-state index is 14.0. The molecule has 3 heterocycles. The van der Waals surface area contributed by atoms with E-state index in [1.807, 2.05) is 54.6 Å². The maximum atomic E-state index is 14.0. The van der Waals surface area contributed by atoms with Crippen LogP contribution in [0, 0.1) is 0 Å². The van der Waals surface area contributed by atoms with E-state index >= 15 is 0 Å². The lowest BCUT2D eigenvalue weighted by Crippen LogP contribution is -2.63. The Morgan fingerprint density at radius 3 is 1.99 bits per heavy atom. The number of carbonyl (C=O) groups is 7. The van der Waals surface area contributed by atoms with Gasteiger partial charge in [0.15, 0.2) is 18.0 Å². The van der Waals surface area contributed by atoms with Gasteiger partial charge < -0.3 is 63.3 Å². The number of amides is 2. The van der Waals surface area contributed by atoms with Crippen molar-refractivity contribution in [3.8, 4) is 16.9 Å². The smallest absolute Gasteiger partial charge is 0.407 e. The van der Waals surface area contributed by atoms with Crippen LogP contribution in [0.3, 0.4) is 0 Å². The minimum atomic E-state index is -1.61. The van der Waals surface area contributed by atoms with Gasteiger partial charge in [0.2, 0.25) is 18.3 Å². The first-order chi connectivity index (χ1) is 41.7. The van der Waals surface area contributed by atoms with Gasteiger partial charge in [-0.15, -0.1) is 0 Å². The van der Waals surface area contributed by atoms with Crippen LogP contribution in [0.1, 0.15) is 104 Å². The van der Waals surface area contributed by atoms with Gasteiger partial charge in [-0.05, 0) is 70.6 Å². The fraction of sp³-hybridized carbons (Fsp3) is 0.369. The first-order valence-electron chi connectivity index (χ1n) is 28.7. The number of aryl methyl sites for hydroxylation is 1. The standard InChI is InChI=1S/C65H71N7O15/c1-9-10-19-55-70-57-58(49-26-25-44(63(78)80-8)31-51(49)69-62(57)66)71(55)32-41-20-22-42(23-21-41)33-72(6,7)34-43-24-27-53(86-64-61(85-40(5)76)60(84-39(4)75)59(83-38(3)74)54(87-64)36-81-37(2)73)52(30-43)68-56(77)28-29-67-65(79)82-35-50-47-17-13-11-15-45(47)46-16-12-14-18-48(46)50/h11-18,20-27,30-31,50,54,59-61,64H,9-10,19,28-29,32-36H2,1-8H3,(H3-,66,67,68,69,77,79)/p+1/t54-,59-,60+,61+,64+/m1/s1. The predicted molar refractivity (Wildman–Crippen MR) is 320 cm³/mol. The summed E-state index contributed by atoms with van der Waals surface area (Å²) >= 11 is 0. The molecule has 0 spiro atoms. The van der Waals surface area contributed by atoms with Crippen molar-refractivity contribution in [3.05, 3.63) is 148 Å². The summed E-state index contributed by atoms with van der Waals surface area (Å²) in [5, 5.41) is 6.42. The van der Waals surface area contributed by atoms with Crippen molar-refractivity contribution in [2.24, 2.45) is 0 Å². The Kier molecular flexibility index (Phi) is 19.5. The number of aromatic nitrogens is 3. The molecule has 1 aliphatic carbocycles. The molecule has 456 valence electrons. The van der Waals surface area contributed by atoms with Crippen LogP contribution < -0.4 is 21.1 Å². The van der Waals surface area contributed by atoms with Crippen molar-refractivity contribution in [2.75, 3.05) is 52.0 Å². The van der Waals surface area contributed by atoms with Gasteiger partial charge in [0.05, 0.1) is 43.5 Å². The molecular weight excluding hydrogens is 1120 g/mol. The Bertz CT molecular complexity index is 3690. The van der Waals surface area contributed by atoms with Crippen molar-refractivity contribution >= 4 is 75.3 Å². The third-order valence-corrected chi connectivity index (χ3v) is 15.0. The highest BCUT2D eigenvalue weighted by Crippen LogP contribution is 2.45. The number of nitrogens with one attached hydrogen (secondary N) is 2. The van der Waals surface area contributed by atoms with Gasteiger partial charge in [-0.25, -0.2) is 19.6 Å². The van der Waals surface area contributed by atoms with E-state index in [9.17, 15) is 33.6 Å². The summed E-state index contributed by atoms with van der Waals surface area (Å²) in [6.45, 7) is 7.67. The molecule has 1 aliphatic heterocycles. The average Bonchev–Trinajstić information content (AvgIpc) is 2.03. The van der Waals surface area contributed by atoms with Crippen LogP contribution in [-0.2, 0) is 83.2 Å². The molecule has 5 aromatic carbocycles.